The maximum Gasteiger partial charge on any atom is 0.293 e. The fourth-order valence-corrected chi connectivity index (χ4v) is 5.64. The van der Waals surface area contributed by atoms with E-state index in [-0.39, 0.29) is 23.7 Å². The molecule has 3 aromatic rings. The molecule has 0 bridgehead atoms. The Balaban J connectivity index is 1.54. The van der Waals surface area contributed by atoms with Crippen LogP contribution in [0.5, 0.6) is 11.5 Å². The van der Waals surface area contributed by atoms with Gasteiger partial charge in [-0.05, 0) is 82.7 Å². The number of amides is 2. The largest absolute Gasteiger partial charge is 0.490 e. The molecule has 196 valence electrons. The van der Waals surface area contributed by atoms with Gasteiger partial charge in [-0.15, -0.1) is 0 Å². The van der Waals surface area contributed by atoms with Crippen LogP contribution in [0.3, 0.4) is 0 Å². The van der Waals surface area contributed by atoms with E-state index < -0.39 is 16.1 Å². The fraction of sp³-hybridized carbons (Fsp3) is 0.154. The van der Waals surface area contributed by atoms with Crippen molar-refractivity contribution in [1.82, 2.24) is 4.90 Å². The van der Waals surface area contributed by atoms with Gasteiger partial charge in [-0.2, -0.15) is 0 Å². The molecule has 38 heavy (non-hydrogen) atoms. The molecule has 1 fully saturated rings. The second-order valence-electron chi connectivity index (χ2n) is 7.98. The van der Waals surface area contributed by atoms with E-state index in [2.05, 4.69) is 22.6 Å². The number of rotatable bonds is 9. The molecule has 8 nitrogen and oxygen atoms in total. The highest BCUT2D eigenvalue weighted by molar-refractivity contribution is 14.1. The molecule has 0 saturated carbocycles. The number of benzene rings is 3. The lowest BCUT2D eigenvalue weighted by Crippen LogP contribution is -2.27. The highest BCUT2D eigenvalue weighted by atomic mass is 127. The number of hydrogen-bond donors (Lipinski definition) is 0. The molecule has 1 heterocycles. The zero-order valence-corrected chi connectivity index (χ0v) is 24.3. The Morgan fingerprint density at radius 2 is 1.82 bits per heavy atom. The molecule has 0 aliphatic carbocycles. The summed E-state index contributed by atoms with van der Waals surface area (Å²) >= 11 is 15.2. The Labute approximate surface area is 246 Å². The van der Waals surface area contributed by atoms with Crippen molar-refractivity contribution in [2.45, 2.75) is 20.1 Å². The first-order chi connectivity index (χ1) is 18.2. The topological polar surface area (TPSA) is 99.0 Å². The van der Waals surface area contributed by atoms with Crippen molar-refractivity contribution in [2.24, 2.45) is 0 Å². The fourth-order valence-electron chi connectivity index (χ4n) is 3.56. The van der Waals surface area contributed by atoms with Crippen molar-refractivity contribution in [2.75, 3.05) is 6.61 Å². The van der Waals surface area contributed by atoms with Crippen molar-refractivity contribution < 1.29 is 24.0 Å². The summed E-state index contributed by atoms with van der Waals surface area (Å²) in [7, 11) is 0. The van der Waals surface area contributed by atoms with Crippen LogP contribution in [0.2, 0.25) is 10.0 Å². The van der Waals surface area contributed by atoms with E-state index in [4.69, 9.17) is 32.7 Å². The number of nitro benzene ring substituents is 1. The summed E-state index contributed by atoms with van der Waals surface area (Å²) in [5.74, 6) is 0.576. The van der Waals surface area contributed by atoms with E-state index >= 15 is 0 Å². The van der Waals surface area contributed by atoms with Crippen molar-refractivity contribution >= 4 is 80.5 Å². The molecule has 0 N–H and O–H groups in total. The maximum atomic E-state index is 13.0. The standard InChI is InChI=1S/C26H19Cl2IN2O6S/c1-2-36-22-10-16(9-21(29)24(22)37-14-17-5-6-18(27)12-20(17)28)11-23-25(32)30(26(33)38-23)13-15-3-7-19(8-4-15)31(34)35/h3-12H,2,13-14H2,1H3/b23-11-. The molecular formula is C26H19Cl2IN2O6S. The van der Waals surface area contributed by atoms with Gasteiger partial charge in [0.15, 0.2) is 11.5 Å². The molecule has 0 spiro atoms. The van der Waals surface area contributed by atoms with E-state index in [0.717, 1.165) is 25.8 Å². The minimum absolute atomic E-state index is 0.0156. The zero-order chi connectivity index (χ0) is 27.4. The van der Waals surface area contributed by atoms with Crippen LogP contribution < -0.4 is 9.47 Å². The predicted molar refractivity (Wildman–Crippen MR) is 156 cm³/mol. The number of nitrogens with zero attached hydrogens (tertiary/aromatic N) is 2. The Kier molecular flexibility index (Phi) is 9.19. The molecule has 0 atom stereocenters. The number of halogens is 3. The SMILES string of the molecule is CCOc1cc(/C=C2\SC(=O)N(Cc3ccc([N+](=O)[O-])cc3)C2=O)cc(I)c1OCc1ccc(Cl)cc1Cl. The van der Waals surface area contributed by atoms with Gasteiger partial charge in [0.25, 0.3) is 16.8 Å². The van der Waals surface area contributed by atoms with Crippen LogP contribution in [0.1, 0.15) is 23.6 Å². The number of non-ortho nitro benzene ring substituents is 1. The minimum Gasteiger partial charge on any atom is -0.490 e. The van der Waals surface area contributed by atoms with Gasteiger partial charge < -0.3 is 9.47 Å². The first-order valence-corrected chi connectivity index (χ1v) is 13.8. The maximum absolute atomic E-state index is 13.0. The molecule has 1 aliphatic heterocycles. The number of thioether (sulfide) groups is 1. The van der Waals surface area contributed by atoms with Crippen LogP contribution >= 0.6 is 57.6 Å². The average molecular weight is 685 g/mol. The minimum atomic E-state index is -0.506. The molecule has 12 heteroatoms. The van der Waals surface area contributed by atoms with Crippen molar-refractivity contribution in [3.63, 3.8) is 0 Å². The van der Waals surface area contributed by atoms with Crippen molar-refractivity contribution in [1.29, 1.82) is 0 Å². The van der Waals surface area contributed by atoms with Crippen molar-refractivity contribution in [3.05, 3.63) is 99.9 Å². The van der Waals surface area contributed by atoms with Gasteiger partial charge in [0.2, 0.25) is 0 Å². The quantitative estimate of drug-likeness (QED) is 0.0985. The molecule has 0 unspecified atom stereocenters. The summed E-state index contributed by atoms with van der Waals surface area (Å²) in [6.07, 6.45) is 1.63. The number of carbonyl (C=O) groups is 2. The lowest BCUT2D eigenvalue weighted by atomic mass is 10.1. The lowest BCUT2D eigenvalue weighted by molar-refractivity contribution is -0.384. The second kappa shape index (κ2) is 12.4. The Bertz CT molecular complexity index is 1450. The van der Waals surface area contributed by atoms with E-state index in [0.29, 0.717) is 39.3 Å². The van der Waals surface area contributed by atoms with Crippen LogP contribution in [0.4, 0.5) is 10.5 Å². The lowest BCUT2D eigenvalue weighted by Gasteiger charge is -2.15. The van der Waals surface area contributed by atoms with Gasteiger partial charge in [0, 0.05) is 27.7 Å². The summed E-state index contributed by atoms with van der Waals surface area (Å²) in [5.41, 5.74) is 1.97. The van der Waals surface area contributed by atoms with Gasteiger partial charge in [-0.1, -0.05) is 41.4 Å². The summed E-state index contributed by atoms with van der Waals surface area (Å²) in [4.78, 5) is 37.3. The van der Waals surface area contributed by atoms with Gasteiger partial charge >= 0.3 is 0 Å². The summed E-state index contributed by atoms with van der Waals surface area (Å²) in [6, 6.07) is 14.5. The monoisotopic (exact) mass is 684 g/mol. The highest BCUT2D eigenvalue weighted by Gasteiger charge is 2.35. The first kappa shape index (κ1) is 28.2. The number of nitro groups is 1. The van der Waals surface area contributed by atoms with Gasteiger partial charge in [-0.3, -0.25) is 24.6 Å². The normalized spacial score (nSPS) is 14.3. The first-order valence-electron chi connectivity index (χ1n) is 11.2. The molecule has 0 radical (unpaired) electrons. The van der Waals surface area contributed by atoms with E-state index in [1.54, 1.807) is 30.3 Å². The van der Waals surface area contributed by atoms with Crippen LogP contribution in [0.25, 0.3) is 6.08 Å². The Hall–Kier alpha value is -2.80. The van der Waals surface area contributed by atoms with Crippen LogP contribution in [-0.2, 0) is 17.9 Å². The predicted octanol–water partition coefficient (Wildman–Crippen LogP) is 7.72. The molecule has 1 saturated heterocycles. The molecule has 1 aliphatic rings. The third-order valence-electron chi connectivity index (χ3n) is 5.38. The van der Waals surface area contributed by atoms with Crippen molar-refractivity contribution in [3.8, 4) is 11.5 Å². The number of imide groups is 1. The molecule has 0 aromatic heterocycles. The molecule has 2 amide bonds. The molecule has 4 rings (SSSR count). The average Bonchev–Trinajstić information content (AvgIpc) is 3.12. The highest BCUT2D eigenvalue weighted by Crippen LogP contribution is 2.38. The van der Waals surface area contributed by atoms with Gasteiger partial charge in [0.05, 0.1) is 26.6 Å². The third kappa shape index (κ3) is 6.60. The second-order valence-corrected chi connectivity index (χ2v) is 11.0. The van der Waals surface area contributed by atoms with Crippen LogP contribution in [0.15, 0.2) is 59.5 Å². The zero-order valence-electron chi connectivity index (χ0n) is 19.8. The van der Waals surface area contributed by atoms with Gasteiger partial charge in [0.1, 0.15) is 6.61 Å². The Morgan fingerprint density at radius 1 is 1.08 bits per heavy atom. The summed E-state index contributed by atoms with van der Waals surface area (Å²) in [5, 5.41) is 11.5. The molecule has 3 aromatic carbocycles. The third-order valence-corrected chi connectivity index (χ3v) is 7.67. The Morgan fingerprint density at radius 3 is 2.47 bits per heavy atom. The smallest absolute Gasteiger partial charge is 0.293 e. The van der Waals surface area contributed by atoms with Gasteiger partial charge in [-0.25, -0.2) is 0 Å². The van der Waals surface area contributed by atoms with E-state index in [9.17, 15) is 19.7 Å². The molecular weight excluding hydrogens is 666 g/mol. The number of hydrogen-bond acceptors (Lipinski definition) is 7. The van der Waals surface area contributed by atoms with Crippen LogP contribution in [0, 0.1) is 13.7 Å². The van der Waals surface area contributed by atoms with E-state index in [1.807, 2.05) is 13.0 Å². The number of carbonyl (C=O) groups excluding carboxylic acids is 2. The summed E-state index contributed by atoms with van der Waals surface area (Å²) < 4.78 is 12.6. The van der Waals surface area contributed by atoms with E-state index in [1.165, 1.54) is 24.3 Å². The number of ether oxygens (including phenoxy) is 2. The van der Waals surface area contributed by atoms with Crippen LogP contribution in [-0.4, -0.2) is 27.6 Å². The summed E-state index contributed by atoms with van der Waals surface area (Å²) in [6.45, 7) is 2.46.